The van der Waals surface area contributed by atoms with Crippen LogP contribution in [-0.2, 0) is 0 Å². The molecule has 0 spiro atoms. The van der Waals surface area contributed by atoms with Crippen molar-refractivity contribution in [2.24, 2.45) is 5.92 Å². The van der Waals surface area contributed by atoms with Crippen LogP contribution in [0.1, 0.15) is 35.9 Å². The van der Waals surface area contributed by atoms with Gasteiger partial charge in [0, 0.05) is 10.7 Å². The molecule has 1 fully saturated rings. The van der Waals surface area contributed by atoms with Gasteiger partial charge in [0.2, 0.25) is 0 Å². The van der Waals surface area contributed by atoms with E-state index >= 15 is 0 Å². The van der Waals surface area contributed by atoms with Crippen LogP contribution in [-0.4, -0.2) is 32.9 Å². The molecular weight excluding hydrogens is 314 g/mol. The van der Waals surface area contributed by atoms with Gasteiger partial charge < -0.3 is 10.4 Å². The Kier molecular flexibility index (Phi) is 4.17. The largest absolute Gasteiger partial charge is 0.394 e. The van der Waals surface area contributed by atoms with Crippen molar-refractivity contribution in [1.29, 1.82) is 0 Å². The highest BCUT2D eigenvalue weighted by atomic mass is 35.5. The molecule has 0 saturated heterocycles. The number of aryl methyl sites for hydroxylation is 1. The van der Waals surface area contributed by atoms with Crippen molar-refractivity contribution in [2.75, 3.05) is 6.61 Å². The van der Waals surface area contributed by atoms with Crippen molar-refractivity contribution in [3.63, 3.8) is 0 Å². The smallest absolute Gasteiger partial charge is 0.272 e. The maximum absolute atomic E-state index is 12.5. The Bertz CT molecular complexity index is 739. The number of rotatable bonds is 5. The van der Waals surface area contributed by atoms with Gasteiger partial charge in [0.1, 0.15) is 0 Å². The second-order valence-corrected chi connectivity index (χ2v) is 6.80. The van der Waals surface area contributed by atoms with E-state index in [1.165, 1.54) is 0 Å². The topological polar surface area (TPSA) is 67.2 Å². The maximum atomic E-state index is 12.5. The SMILES string of the molecule is Cc1cc(C(=O)NC(C)(CO)C2CC2)nn1-c1cccc(Cl)c1. The number of halogens is 1. The highest BCUT2D eigenvalue weighted by molar-refractivity contribution is 6.30. The summed E-state index contributed by atoms with van der Waals surface area (Å²) in [5.41, 5.74) is 1.41. The van der Waals surface area contributed by atoms with Crippen LogP contribution in [0.2, 0.25) is 5.02 Å². The zero-order valence-corrected chi connectivity index (χ0v) is 14.0. The lowest BCUT2D eigenvalue weighted by atomic mass is 9.97. The van der Waals surface area contributed by atoms with Gasteiger partial charge in [-0.15, -0.1) is 0 Å². The average Bonchev–Trinajstić information content (AvgIpc) is 3.30. The van der Waals surface area contributed by atoms with Gasteiger partial charge in [-0.05, 0) is 56.9 Å². The Labute approximate surface area is 140 Å². The highest BCUT2D eigenvalue weighted by Gasteiger charge is 2.42. The first-order valence-corrected chi connectivity index (χ1v) is 8.07. The van der Waals surface area contributed by atoms with Crippen molar-refractivity contribution >= 4 is 17.5 Å². The minimum absolute atomic E-state index is 0.0720. The minimum atomic E-state index is -0.579. The normalized spacial score (nSPS) is 16.9. The van der Waals surface area contributed by atoms with Crippen molar-refractivity contribution in [2.45, 2.75) is 32.2 Å². The Balaban J connectivity index is 1.84. The van der Waals surface area contributed by atoms with Crippen LogP contribution in [0, 0.1) is 12.8 Å². The number of hydrogen-bond acceptors (Lipinski definition) is 3. The third-order valence-corrected chi connectivity index (χ3v) is 4.61. The molecule has 1 unspecified atom stereocenters. The van der Waals surface area contributed by atoms with Gasteiger partial charge in [-0.25, -0.2) is 4.68 Å². The van der Waals surface area contributed by atoms with Crippen molar-refractivity contribution in [3.05, 3.63) is 46.7 Å². The summed E-state index contributed by atoms with van der Waals surface area (Å²) in [6, 6.07) is 9.05. The third-order valence-electron chi connectivity index (χ3n) is 4.38. The van der Waals surface area contributed by atoms with Gasteiger partial charge in [-0.3, -0.25) is 4.79 Å². The van der Waals surface area contributed by atoms with Gasteiger partial charge in [0.05, 0.1) is 17.8 Å². The Morgan fingerprint density at radius 3 is 2.83 bits per heavy atom. The molecule has 1 aliphatic carbocycles. The summed E-state index contributed by atoms with van der Waals surface area (Å²) in [7, 11) is 0. The quantitative estimate of drug-likeness (QED) is 0.884. The number of aliphatic hydroxyl groups is 1. The van der Waals surface area contributed by atoms with E-state index < -0.39 is 5.54 Å². The molecule has 3 rings (SSSR count). The summed E-state index contributed by atoms with van der Waals surface area (Å²) in [6.45, 7) is 3.69. The van der Waals surface area contributed by atoms with E-state index in [9.17, 15) is 9.90 Å². The van der Waals surface area contributed by atoms with Crippen LogP contribution in [0.15, 0.2) is 30.3 Å². The van der Waals surface area contributed by atoms with Gasteiger partial charge in [0.15, 0.2) is 5.69 Å². The minimum Gasteiger partial charge on any atom is -0.394 e. The van der Waals surface area contributed by atoms with Crippen LogP contribution in [0.4, 0.5) is 0 Å². The molecule has 23 heavy (non-hydrogen) atoms. The molecule has 1 aromatic heterocycles. The molecular formula is C17H20ClN3O2. The summed E-state index contributed by atoms with van der Waals surface area (Å²) in [5, 5.41) is 17.5. The number of nitrogens with zero attached hydrogens (tertiary/aromatic N) is 2. The zero-order valence-electron chi connectivity index (χ0n) is 13.2. The number of nitrogens with one attached hydrogen (secondary N) is 1. The maximum Gasteiger partial charge on any atom is 0.272 e. The fourth-order valence-corrected chi connectivity index (χ4v) is 2.95. The fraction of sp³-hybridized carbons (Fsp3) is 0.412. The van der Waals surface area contributed by atoms with E-state index in [1.54, 1.807) is 22.9 Å². The van der Waals surface area contributed by atoms with Gasteiger partial charge in [0.25, 0.3) is 5.91 Å². The molecule has 2 aromatic rings. The summed E-state index contributed by atoms with van der Waals surface area (Å²) < 4.78 is 1.69. The molecule has 0 bridgehead atoms. The number of carbonyl (C=O) groups excluding carboxylic acids is 1. The van der Waals surface area contributed by atoms with Crippen LogP contribution < -0.4 is 5.32 Å². The first kappa shape index (κ1) is 16.0. The molecule has 1 heterocycles. The van der Waals surface area contributed by atoms with Crippen LogP contribution >= 0.6 is 11.6 Å². The number of aromatic nitrogens is 2. The second kappa shape index (κ2) is 5.98. The Morgan fingerprint density at radius 1 is 1.48 bits per heavy atom. The monoisotopic (exact) mass is 333 g/mol. The highest BCUT2D eigenvalue weighted by Crippen LogP contribution is 2.39. The molecule has 0 aliphatic heterocycles. The molecule has 1 aliphatic rings. The Hall–Kier alpha value is -1.85. The molecule has 1 amide bonds. The third kappa shape index (κ3) is 3.26. The Morgan fingerprint density at radius 2 is 2.22 bits per heavy atom. The lowest BCUT2D eigenvalue weighted by Crippen LogP contribution is -2.50. The van der Waals surface area contributed by atoms with Crippen molar-refractivity contribution in [3.8, 4) is 5.69 Å². The first-order chi connectivity index (χ1) is 10.9. The predicted molar refractivity (Wildman–Crippen MR) is 89.0 cm³/mol. The summed E-state index contributed by atoms with van der Waals surface area (Å²) in [6.07, 6.45) is 2.07. The van der Waals surface area contributed by atoms with E-state index in [0.717, 1.165) is 24.2 Å². The second-order valence-electron chi connectivity index (χ2n) is 6.37. The molecule has 2 N–H and O–H groups in total. The number of carbonyl (C=O) groups is 1. The summed E-state index contributed by atoms with van der Waals surface area (Å²) in [5.74, 6) is 0.0740. The molecule has 0 radical (unpaired) electrons. The van der Waals surface area contributed by atoms with E-state index in [1.807, 2.05) is 26.0 Å². The molecule has 6 heteroatoms. The van der Waals surface area contributed by atoms with E-state index in [2.05, 4.69) is 10.4 Å². The molecule has 1 saturated carbocycles. The molecule has 122 valence electrons. The van der Waals surface area contributed by atoms with E-state index in [-0.39, 0.29) is 12.5 Å². The molecule has 5 nitrogen and oxygen atoms in total. The standard InChI is InChI=1S/C17H20ClN3O2/c1-11-8-15(16(23)19-17(2,10-22)12-6-7-12)20-21(11)14-5-3-4-13(18)9-14/h3-5,8-9,12,22H,6-7,10H2,1-2H3,(H,19,23). The van der Waals surface area contributed by atoms with Crippen molar-refractivity contribution < 1.29 is 9.90 Å². The van der Waals surface area contributed by atoms with E-state index in [0.29, 0.717) is 16.6 Å². The lowest BCUT2D eigenvalue weighted by Gasteiger charge is -2.28. The van der Waals surface area contributed by atoms with Crippen molar-refractivity contribution in [1.82, 2.24) is 15.1 Å². The average molecular weight is 334 g/mol. The van der Waals surface area contributed by atoms with Crippen LogP contribution in [0.5, 0.6) is 0 Å². The van der Waals surface area contributed by atoms with Crippen LogP contribution in [0.3, 0.4) is 0 Å². The summed E-state index contributed by atoms with van der Waals surface area (Å²) >= 11 is 6.02. The number of amides is 1. The van der Waals surface area contributed by atoms with Crippen LogP contribution in [0.25, 0.3) is 5.69 Å². The molecule has 1 aromatic carbocycles. The summed E-state index contributed by atoms with van der Waals surface area (Å²) in [4.78, 5) is 12.5. The zero-order chi connectivity index (χ0) is 16.6. The van der Waals surface area contributed by atoms with Gasteiger partial charge >= 0.3 is 0 Å². The fourth-order valence-electron chi connectivity index (χ4n) is 2.77. The number of aliphatic hydroxyl groups excluding tert-OH is 1. The molecule has 1 atom stereocenters. The predicted octanol–water partition coefficient (Wildman–Crippen LogP) is 2.72. The van der Waals surface area contributed by atoms with Gasteiger partial charge in [-0.1, -0.05) is 17.7 Å². The number of benzene rings is 1. The van der Waals surface area contributed by atoms with E-state index in [4.69, 9.17) is 11.6 Å². The number of hydrogen-bond donors (Lipinski definition) is 2. The lowest BCUT2D eigenvalue weighted by molar-refractivity contribution is 0.0819. The first-order valence-electron chi connectivity index (χ1n) is 7.69. The van der Waals surface area contributed by atoms with Gasteiger partial charge in [-0.2, -0.15) is 5.10 Å².